The Morgan fingerprint density at radius 1 is 1.29 bits per heavy atom. The minimum atomic E-state index is -3.64. The second kappa shape index (κ2) is 6.68. The number of carbonyl (C=O) groups is 2. The van der Waals surface area contributed by atoms with Crippen molar-refractivity contribution in [2.24, 2.45) is 0 Å². The highest BCUT2D eigenvalue weighted by Crippen LogP contribution is 2.18. The summed E-state index contributed by atoms with van der Waals surface area (Å²) in [6, 6.07) is 4.18. The summed E-state index contributed by atoms with van der Waals surface area (Å²) in [5.41, 5.74) is 0.677. The summed E-state index contributed by atoms with van der Waals surface area (Å²) in [5.74, 6) is -1.19. The van der Waals surface area contributed by atoms with Crippen LogP contribution in [0.4, 0.5) is 0 Å². The molecule has 21 heavy (non-hydrogen) atoms. The third kappa shape index (κ3) is 4.02. The zero-order valence-electron chi connectivity index (χ0n) is 12.3. The molecule has 1 aromatic rings. The minimum absolute atomic E-state index is 0.00927. The molecular formula is C13H18N2O5S. The lowest BCUT2D eigenvalue weighted by Gasteiger charge is -2.13. The molecule has 0 aromatic heterocycles. The van der Waals surface area contributed by atoms with E-state index in [0.29, 0.717) is 5.56 Å². The molecule has 1 N–H and O–H groups in total. The second-order valence-electron chi connectivity index (χ2n) is 4.51. The molecule has 0 saturated heterocycles. The molecule has 1 amide bonds. The Bertz CT molecular complexity index is 653. The fraction of sp³-hybridized carbons (Fsp3) is 0.385. The van der Waals surface area contributed by atoms with Gasteiger partial charge in [0.05, 0.1) is 10.5 Å². The van der Waals surface area contributed by atoms with Crippen molar-refractivity contribution in [3.8, 4) is 0 Å². The number of ether oxygens (including phenoxy) is 1. The molecule has 1 aromatic carbocycles. The van der Waals surface area contributed by atoms with Gasteiger partial charge in [0.15, 0.2) is 6.61 Å². The number of hydrogen-bond acceptors (Lipinski definition) is 5. The molecule has 116 valence electrons. The summed E-state index contributed by atoms with van der Waals surface area (Å²) in [4.78, 5) is 23.0. The lowest BCUT2D eigenvalue weighted by atomic mass is 10.1. The molecular weight excluding hydrogens is 296 g/mol. The van der Waals surface area contributed by atoms with Crippen LogP contribution in [0, 0.1) is 6.92 Å². The Morgan fingerprint density at radius 3 is 2.43 bits per heavy atom. The summed E-state index contributed by atoms with van der Waals surface area (Å²) in [6.07, 6.45) is 0. The average molecular weight is 314 g/mol. The lowest BCUT2D eigenvalue weighted by molar-refractivity contribution is -0.123. The van der Waals surface area contributed by atoms with Crippen LogP contribution in [0.1, 0.15) is 15.9 Å². The van der Waals surface area contributed by atoms with E-state index in [1.807, 2.05) is 0 Å². The van der Waals surface area contributed by atoms with Crippen molar-refractivity contribution < 1.29 is 22.7 Å². The van der Waals surface area contributed by atoms with Crippen molar-refractivity contribution in [3.05, 3.63) is 29.3 Å². The van der Waals surface area contributed by atoms with Gasteiger partial charge in [-0.25, -0.2) is 17.5 Å². The van der Waals surface area contributed by atoms with Gasteiger partial charge in [-0.15, -0.1) is 0 Å². The number of amides is 1. The smallest absolute Gasteiger partial charge is 0.338 e. The van der Waals surface area contributed by atoms with Crippen LogP contribution in [-0.2, 0) is 19.6 Å². The quantitative estimate of drug-likeness (QED) is 0.781. The van der Waals surface area contributed by atoms with Crippen LogP contribution < -0.4 is 5.32 Å². The van der Waals surface area contributed by atoms with Gasteiger partial charge in [-0.1, -0.05) is 6.07 Å². The molecule has 0 atom stereocenters. The molecule has 7 nitrogen and oxygen atoms in total. The summed E-state index contributed by atoms with van der Waals surface area (Å²) < 4.78 is 30.0. The highest BCUT2D eigenvalue weighted by atomic mass is 32.2. The summed E-state index contributed by atoms with van der Waals surface area (Å²) in [7, 11) is 0.586. The van der Waals surface area contributed by atoms with Crippen LogP contribution in [0.25, 0.3) is 0 Å². The minimum Gasteiger partial charge on any atom is -0.452 e. The van der Waals surface area contributed by atoms with Crippen molar-refractivity contribution in [3.63, 3.8) is 0 Å². The van der Waals surface area contributed by atoms with E-state index in [1.54, 1.807) is 6.92 Å². The molecule has 0 aliphatic carbocycles. The monoisotopic (exact) mass is 314 g/mol. The third-order valence-electron chi connectivity index (χ3n) is 2.82. The van der Waals surface area contributed by atoms with Gasteiger partial charge < -0.3 is 10.1 Å². The van der Waals surface area contributed by atoms with Gasteiger partial charge in [0.25, 0.3) is 5.91 Å². The maximum absolute atomic E-state index is 12.0. The Hall–Kier alpha value is -1.93. The van der Waals surface area contributed by atoms with E-state index < -0.39 is 28.5 Å². The van der Waals surface area contributed by atoms with Crippen LogP contribution in [0.2, 0.25) is 0 Å². The molecule has 0 bridgehead atoms. The van der Waals surface area contributed by atoms with Crippen LogP contribution in [-0.4, -0.2) is 52.3 Å². The highest BCUT2D eigenvalue weighted by Gasteiger charge is 2.21. The number of aryl methyl sites for hydroxylation is 1. The largest absolute Gasteiger partial charge is 0.452 e. The van der Waals surface area contributed by atoms with Crippen LogP contribution in [0.15, 0.2) is 23.1 Å². The molecule has 0 spiro atoms. The number of nitrogens with one attached hydrogen (secondary N) is 1. The van der Waals surface area contributed by atoms with Crippen molar-refractivity contribution >= 4 is 21.9 Å². The van der Waals surface area contributed by atoms with E-state index in [1.165, 1.54) is 39.3 Å². The van der Waals surface area contributed by atoms with Crippen molar-refractivity contribution in [1.82, 2.24) is 9.62 Å². The first-order valence-electron chi connectivity index (χ1n) is 6.11. The van der Waals surface area contributed by atoms with E-state index in [4.69, 9.17) is 4.74 Å². The number of sulfonamides is 1. The van der Waals surface area contributed by atoms with Crippen LogP contribution >= 0.6 is 0 Å². The molecule has 1 rings (SSSR count). The van der Waals surface area contributed by atoms with Gasteiger partial charge >= 0.3 is 5.97 Å². The van der Waals surface area contributed by atoms with Gasteiger partial charge in [-0.3, -0.25) is 4.79 Å². The average Bonchev–Trinajstić information content (AvgIpc) is 2.44. The van der Waals surface area contributed by atoms with Crippen LogP contribution in [0.3, 0.4) is 0 Å². The first-order chi connectivity index (χ1) is 9.70. The topological polar surface area (TPSA) is 92.8 Å². The Kier molecular flexibility index (Phi) is 5.45. The maximum atomic E-state index is 12.0. The first-order valence-corrected chi connectivity index (χ1v) is 7.55. The number of nitrogens with zero attached hydrogens (tertiary/aromatic N) is 1. The molecule has 0 aliphatic rings. The molecule has 0 unspecified atom stereocenters. The molecule has 0 radical (unpaired) electrons. The zero-order valence-corrected chi connectivity index (χ0v) is 13.2. The summed E-state index contributed by atoms with van der Waals surface area (Å²) >= 11 is 0. The maximum Gasteiger partial charge on any atom is 0.338 e. The fourth-order valence-corrected chi connectivity index (χ4v) is 2.40. The summed E-state index contributed by atoms with van der Waals surface area (Å²) in [5, 5.41) is 2.32. The second-order valence-corrected chi connectivity index (χ2v) is 6.67. The van der Waals surface area contributed by atoms with Gasteiger partial charge in [0.2, 0.25) is 10.0 Å². The first kappa shape index (κ1) is 17.1. The Labute approximate surface area is 123 Å². The van der Waals surface area contributed by atoms with Crippen molar-refractivity contribution in [2.45, 2.75) is 11.8 Å². The molecule has 0 saturated carbocycles. The van der Waals surface area contributed by atoms with Crippen LogP contribution in [0.5, 0.6) is 0 Å². The number of hydrogen-bond donors (Lipinski definition) is 1. The van der Waals surface area contributed by atoms with E-state index in [2.05, 4.69) is 5.32 Å². The number of likely N-dealkylation sites (N-methyl/N-ethyl adjacent to an activating group) is 1. The van der Waals surface area contributed by atoms with E-state index in [-0.39, 0.29) is 10.5 Å². The normalized spacial score (nSPS) is 11.3. The number of carbonyl (C=O) groups excluding carboxylic acids is 2. The highest BCUT2D eigenvalue weighted by molar-refractivity contribution is 7.89. The number of benzene rings is 1. The molecule has 0 heterocycles. The van der Waals surface area contributed by atoms with Gasteiger partial charge in [-0.2, -0.15) is 0 Å². The zero-order chi connectivity index (χ0) is 16.2. The van der Waals surface area contributed by atoms with Crippen molar-refractivity contribution in [1.29, 1.82) is 0 Å². The predicted octanol–water partition coefficient (Wildman–Crippen LogP) is 0.148. The van der Waals surface area contributed by atoms with Gasteiger partial charge in [-0.05, 0) is 24.6 Å². The Balaban J connectivity index is 3.09. The van der Waals surface area contributed by atoms with E-state index >= 15 is 0 Å². The molecule has 0 fully saturated rings. The fourth-order valence-electron chi connectivity index (χ4n) is 1.47. The Morgan fingerprint density at radius 2 is 1.90 bits per heavy atom. The van der Waals surface area contributed by atoms with Gasteiger partial charge in [0, 0.05) is 21.1 Å². The van der Waals surface area contributed by atoms with E-state index in [0.717, 1.165) is 4.31 Å². The van der Waals surface area contributed by atoms with Gasteiger partial charge in [0.1, 0.15) is 0 Å². The molecule has 8 heteroatoms. The number of esters is 1. The third-order valence-corrected chi connectivity index (χ3v) is 4.63. The standard InChI is InChI=1S/C13H18N2O5S/c1-9-5-6-10(21(18,19)15(3)4)7-11(9)13(17)20-8-12(16)14-2/h5-7H,8H2,1-4H3,(H,14,16). The lowest BCUT2D eigenvalue weighted by Crippen LogP contribution is -2.25. The van der Waals surface area contributed by atoms with Crippen molar-refractivity contribution in [2.75, 3.05) is 27.7 Å². The van der Waals surface area contributed by atoms with E-state index in [9.17, 15) is 18.0 Å². The SMILES string of the molecule is CNC(=O)COC(=O)c1cc(S(=O)(=O)N(C)C)ccc1C. The summed E-state index contributed by atoms with van der Waals surface area (Å²) in [6.45, 7) is 1.24. The number of rotatable bonds is 5. The molecule has 0 aliphatic heterocycles. The predicted molar refractivity (Wildman–Crippen MR) is 76.4 cm³/mol.